The van der Waals surface area contributed by atoms with E-state index in [1.165, 1.54) is 9.44 Å². The number of imide groups is 2. The van der Waals surface area contributed by atoms with E-state index in [1.807, 2.05) is 5.32 Å². The second kappa shape index (κ2) is 6.19. The largest absolute Gasteiger partial charge is 0.465 e. The highest BCUT2D eigenvalue weighted by atomic mass is 32.2. The highest BCUT2D eigenvalue weighted by Gasteiger charge is 2.43. The van der Waals surface area contributed by atoms with E-state index in [0.29, 0.717) is 9.80 Å². The number of cyclic esters (lactones) is 1. The van der Waals surface area contributed by atoms with Crippen LogP contribution in [0.25, 0.3) is 0 Å². The van der Waals surface area contributed by atoms with Gasteiger partial charge in [-0.3, -0.25) is 9.69 Å². The zero-order valence-electron chi connectivity index (χ0n) is 11.7. The number of likely N-dealkylation sites (tertiary alicyclic amines) is 1. The summed E-state index contributed by atoms with van der Waals surface area (Å²) >= 11 is 0. The first-order valence-electron chi connectivity index (χ1n) is 6.24. The van der Waals surface area contributed by atoms with Gasteiger partial charge in [-0.15, -0.1) is 0 Å². The summed E-state index contributed by atoms with van der Waals surface area (Å²) in [5.41, 5.74) is 0. The standard InChI is InChI=1S/C9H11N5O9S/c15-5-4(10-8(18)19)3-14(5)7(17)12-24(21,22)11-6(16)13-1-2-23-9(13)20/h4,10H,1-3H2,(H,11,16)(H,12,17)(H,18,19)/t4-/m0/s1. The second-order valence-electron chi connectivity index (χ2n) is 4.53. The van der Waals surface area contributed by atoms with Crippen molar-refractivity contribution in [1.29, 1.82) is 0 Å². The molecule has 0 aromatic heterocycles. The molecule has 15 heteroatoms. The molecule has 0 aliphatic carbocycles. The summed E-state index contributed by atoms with van der Waals surface area (Å²) in [6.07, 6.45) is -2.53. The van der Waals surface area contributed by atoms with Crippen molar-refractivity contribution in [3.63, 3.8) is 0 Å². The average molecular weight is 365 g/mol. The van der Waals surface area contributed by atoms with Crippen molar-refractivity contribution < 1.29 is 42.2 Å². The van der Waals surface area contributed by atoms with Crippen LogP contribution in [0.4, 0.5) is 19.2 Å². The molecule has 0 aromatic rings. The Labute approximate surface area is 133 Å². The molecule has 2 heterocycles. The molecule has 0 bridgehead atoms. The van der Waals surface area contributed by atoms with Crippen molar-refractivity contribution in [3.05, 3.63) is 0 Å². The van der Waals surface area contributed by atoms with Crippen molar-refractivity contribution in [2.45, 2.75) is 6.04 Å². The topological polar surface area (TPSA) is 192 Å². The van der Waals surface area contributed by atoms with Gasteiger partial charge in [0, 0.05) is 0 Å². The molecule has 24 heavy (non-hydrogen) atoms. The summed E-state index contributed by atoms with van der Waals surface area (Å²) in [7, 11) is -4.71. The molecule has 2 aliphatic heterocycles. The molecule has 2 aliphatic rings. The minimum atomic E-state index is -4.71. The van der Waals surface area contributed by atoms with Crippen LogP contribution < -0.4 is 14.8 Å². The number of nitrogens with zero attached hydrogens (tertiary/aromatic N) is 2. The molecule has 0 saturated carbocycles. The Bertz CT molecular complexity index is 719. The van der Waals surface area contributed by atoms with Gasteiger partial charge in [0.05, 0.1) is 13.1 Å². The smallest absolute Gasteiger partial charge is 0.418 e. The molecule has 1 atom stereocenters. The number of ether oxygens (including phenoxy) is 1. The first-order chi connectivity index (χ1) is 11.1. The lowest BCUT2D eigenvalue weighted by Gasteiger charge is -2.35. The molecule has 0 radical (unpaired) electrons. The number of hydrogen-bond donors (Lipinski definition) is 4. The fourth-order valence-corrected chi connectivity index (χ4v) is 2.54. The molecule has 2 saturated heterocycles. The molecule has 14 nitrogen and oxygen atoms in total. The second-order valence-corrected chi connectivity index (χ2v) is 5.95. The van der Waals surface area contributed by atoms with Gasteiger partial charge in [0.2, 0.25) is 0 Å². The first kappa shape index (κ1) is 17.3. The number of carbonyl (C=O) groups excluding carboxylic acids is 4. The van der Waals surface area contributed by atoms with Gasteiger partial charge in [-0.25, -0.2) is 33.5 Å². The molecule has 0 aromatic carbocycles. The van der Waals surface area contributed by atoms with Crippen LogP contribution in [-0.2, 0) is 19.7 Å². The Morgan fingerprint density at radius 3 is 2.17 bits per heavy atom. The van der Waals surface area contributed by atoms with E-state index in [2.05, 4.69) is 4.74 Å². The van der Waals surface area contributed by atoms with Crippen LogP contribution >= 0.6 is 0 Å². The summed E-state index contributed by atoms with van der Waals surface area (Å²) in [4.78, 5) is 57.0. The first-order valence-corrected chi connectivity index (χ1v) is 7.72. The predicted octanol–water partition coefficient (Wildman–Crippen LogP) is -2.42. The van der Waals surface area contributed by atoms with Crippen LogP contribution in [-0.4, -0.2) is 79.2 Å². The van der Waals surface area contributed by atoms with Gasteiger partial charge in [-0.05, 0) is 0 Å². The maximum atomic E-state index is 11.6. The van der Waals surface area contributed by atoms with E-state index in [4.69, 9.17) is 5.11 Å². The normalized spacial score (nSPS) is 20.1. The summed E-state index contributed by atoms with van der Waals surface area (Å²) in [5, 5.41) is 10.3. The third-order valence-electron chi connectivity index (χ3n) is 2.92. The summed E-state index contributed by atoms with van der Waals surface area (Å²) in [5.74, 6) is -0.959. The van der Waals surface area contributed by atoms with Crippen LogP contribution in [0.2, 0.25) is 0 Å². The Kier molecular flexibility index (Phi) is 4.45. The van der Waals surface area contributed by atoms with E-state index in [1.54, 1.807) is 0 Å². The number of carbonyl (C=O) groups is 5. The molecule has 132 valence electrons. The number of hydrogen-bond acceptors (Lipinski definition) is 8. The van der Waals surface area contributed by atoms with Crippen molar-refractivity contribution in [2.24, 2.45) is 0 Å². The van der Waals surface area contributed by atoms with Crippen LogP contribution in [0.15, 0.2) is 0 Å². The van der Waals surface area contributed by atoms with E-state index < -0.39 is 46.4 Å². The van der Waals surface area contributed by atoms with Crippen molar-refractivity contribution in [1.82, 2.24) is 24.6 Å². The average Bonchev–Trinajstić information content (AvgIpc) is 2.87. The molecule has 7 amide bonds. The number of nitrogens with one attached hydrogen (secondary N) is 3. The van der Waals surface area contributed by atoms with E-state index in [9.17, 15) is 32.4 Å². The summed E-state index contributed by atoms with van der Waals surface area (Å²) in [6, 6.07) is -3.88. The van der Waals surface area contributed by atoms with Crippen molar-refractivity contribution in [2.75, 3.05) is 19.7 Å². The Hall–Kier alpha value is -3.10. The molecular weight excluding hydrogens is 354 g/mol. The van der Waals surface area contributed by atoms with Crippen LogP contribution in [0.3, 0.4) is 0 Å². The third kappa shape index (κ3) is 3.62. The zero-order valence-corrected chi connectivity index (χ0v) is 12.5. The monoisotopic (exact) mass is 365 g/mol. The molecule has 2 fully saturated rings. The van der Waals surface area contributed by atoms with Gasteiger partial charge in [0.25, 0.3) is 5.91 Å². The summed E-state index contributed by atoms with van der Waals surface area (Å²) < 4.78 is 30.5. The molecule has 4 N–H and O–H groups in total. The molecular formula is C9H11N5O9S. The lowest BCUT2D eigenvalue weighted by Crippen LogP contribution is -2.67. The Morgan fingerprint density at radius 2 is 1.71 bits per heavy atom. The molecule has 2 rings (SSSR count). The number of β-lactam (4-membered cyclic amide) rings is 1. The minimum Gasteiger partial charge on any atom is -0.465 e. The van der Waals surface area contributed by atoms with Gasteiger partial charge in [0.1, 0.15) is 12.6 Å². The quantitative estimate of drug-likeness (QED) is 0.394. The maximum Gasteiger partial charge on any atom is 0.418 e. The van der Waals surface area contributed by atoms with Gasteiger partial charge < -0.3 is 15.2 Å². The van der Waals surface area contributed by atoms with Crippen LogP contribution in [0, 0.1) is 0 Å². The van der Waals surface area contributed by atoms with Crippen molar-refractivity contribution >= 4 is 40.4 Å². The van der Waals surface area contributed by atoms with Gasteiger partial charge in [-0.2, -0.15) is 8.42 Å². The fraction of sp³-hybridized carbons (Fsp3) is 0.444. The Balaban J connectivity index is 1.89. The zero-order chi connectivity index (χ0) is 18.1. The van der Waals surface area contributed by atoms with Crippen LogP contribution in [0.5, 0.6) is 0 Å². The number of carboxylic acid groups (broad SMARTS) is 1. The van der Waals surface area contributed by atoms with E-state index in [-0.39, 0.29) is 19.7 Å². The lowest BCUT2D eigenvalue weighted by molar-refractivity contribution is -0.138. The van der Waals surface area contributed by atoms with Crippen LogP contribution in [0.1, 0.15) is 0 Å². The number of urea groups is 2. The predicted molar refractivity (Wildman–Crippen MR) is 70.7 cm³/mol. The maximum absolute atomic E-state index is 11.6. The van der Waals surface area contributed by atoms with Gasteiger partial charge in [-0.1, -0.05) is 0 Å². The summed E-state index contributed by atoms with van der Waals surface area (Å²) in [6.45, 7) is -0.640. The SMILES string of the molecule is O=C(O)N[C@H]1CN(C(=O)NS(=O)(=O)NC(=O)N2CCOC2=O)C1=O. The third-order valence-corrected chi connectivity index (χ3v) is 3.81. The molecule has 0 unspecified atom stereocenters. The fourth-order valence-electron chi connectivity index (χ4n) is 1.81. The highest BCUT2D eigenvalue weighted by molar-refractivity contribution is 7.88. The number of rotatable bonds is 3. The van der Waals surface area contributed by atoms with Gasteiger partial charge >= 0.3 is 34.5 Å². The number of amides is 7. The van der Waals surface area contributed by atoms with E-state index >= 15 is 0 Å². The van der Waals surface area contributed by atoms with E-state index in [0.717, 1.165) is 0 Å². The molecule has 0 spiro atoms. The minimum absolute atomic E-state index is 0.0983. The Morgan fingerprint density at radius 1 is 1.12 bits per heavy atom. The van der Waals surface area contributed by atoms with Gasteiger partial charge in [0.15, 0.2) is 0 Å². The highest BCUT2D eigenvalue weighted by Crippen LogP contribution is 2.10. The van der Waals surface area contributed by atoms with Crippen molar-refractivity contribution in [3.8, 4) is 0 Å². The lowest BCUT2D eigenvalue weighted by atomic mass is 10.1.